The minimum atomic E-state index is 0.110. The second-order valence-electron chi connectivity index (χ2n) is 5.80. The number of hydrogen-bond acceptors (Lipinski definition) is 3. The molecule has 2 N–H and O–H groups in total. The zero-order valence-electron chi connectivity index (χ0n) is 13.3. The fourth-order valence-corrected chi connectivity index (χ4v) is 2.90. The SMILES string of the molecule is CCCn1cccc1CNC1CCN(CC(=O)NC)CC1. The third-order valence-electron chi connectivity index (χ3n) is 4.19. The van der Waals surface area contributed by atoms with Crippen LogP contribution in [0, 0.1) is 0 Å². The molecule has 2 rings (SSSR count). The average molecular weight is 292 g/mol. The van der Waals surface area contributed by atoms with Crippen molar-refractivity contribution in [1.82, 2.24) is 20.1 Å². The van der Waals surface area contributed by atoms with Gasteiger partial charge in [-0.1, -0.05) is 6.92 Å². The Kier molecular flexibility index (Phi) is 6.26. The molecule has 1 fully saturated rings. The summed E-state index contributed by atoms with van der Waals surface area (Å²) >= 11 is 0. The smallest absolute Gasteiger partial charge is 0.233 e. The van der Waals surface area contributed by atoms with Crippen molar-refractivity contribution in [3.8, 4) is 0 Å². The van der Waals surface area contributed by atoms with E-state index in [0.29, 0.717) is 12.6 Å². The van der Waals surface area contributed by atoms with E-state index in [2.05, 4.69) is 45.4 Å². The van der Waals surface area contributed by atoms with Gasteiger partial charge in [0, 0.05) is 51.2 Å². The fraction of sp³-hybridized carbons (Fsp3) is 0.688. The van der Waals surface area contributed by atoms with Gasteiger partial charge in [0.1, 0.15) is 0 Å². The highest BCUT2D eigenvalue weighted by molar-refractivity contribution is 5.77. The van der Waals surface area contributed by atoms with E-state index in [-0.39, 0.29) is 5.91 Å². The summed E-state index contributed by atoms with van der Waals surface area (Å²) in [6.07, 6.45) is 5.56. The summed E-state index contributed by atoms with van der Waals surface area (Å²) in [6, 6.07) is 4.89. The molecular formula is C16H28N4O. The lowest BCUT2D eigenvalue weighted by atomic mass is 10.0. The first-order chi connectivity index (χ1) is 10.2. The molecule has 2 heterocycles. The van der Waals surface area contributed by atoms with Crippen molar-refractivity contribution in [3.63, 3.8) is 0 Å². The van der Waals surface area contributed by atoms with Crippen LogP contribution in [0.2, 0.25) is 0 Å². The van der Waals surface area contributed by atoms with Crippen LogP contribution in [-0.2, 0) is 17.9 Å². The molecule has 1 aliphatic heterocycles. The average Bonchev–Trinajstić information content (AvgIpc) is 2.94. The first kappa shape index (κ1) is 16.0. The Labute approximate surface area is 127 Å². The lowest BCUT2D eigenvalue weighted by molar-refractivity contribution is -0.122. The molecule has 0 aliphatic carbocycles. The Bertz CT molecular complexity index is 435. The molecule has 118 valence electrons. The number of aromatic nitrogens is 1. The summed E-state index contributed by atoms with van der Waals surface area (Å²) in [4.78, 5) is 13.6. The van der Waals surface area contributed by atoms with Gasteiger partial charge in [-0.2, -0.15) is 0 Å². The van der Waals surface area contributed by atoms with Crippen molar-refractivity contribution in [2.45, 2.75) is 45.3 Å². The summed E-state index contributed by atoms with van der Waals surface area (Å²) in [7, 11) is 1.70. The normalized spacial score (nSPS) is 17.0. The molecule has 5 nitrogen and oxygen atoms in total. The molecule has 0 aromatic carbocycles. The molecule has 5 heteroatoms. The minimum Gasteiger partial charge on any atom is -0.358 e. The summed E-state index contributed by atoms with van der Waals surface area (Å²) in [5.41, 5.74) is 1.37. The molecule has 0 bridgehead atoms. The molecule has 0 atom stereocenters. The van der Waals surface area contributed by atoms with Crippen LogP contribution in [0.1, 0.15) is 31.9 Å². The Balaban J connectivity index is 1.71. The highest BCUT2D eigenvalue weighted by Crippen LogP contribution is 2.11. The Hall–Kier alpha value is -1.33. The van der Waals surface area contributed by atoms with Crippen LogP contribution in [0.25, 0.3) is 0 Å². The Morgan fingerprint density at radius 3 is 2.81 bits per heavy atom. The van der Waals surface area contributed by atoms with Crippen LogP contribution in [-0.4, -0.2) is 48.1 Å². The van der Waals surface area contributed by atoms with Gasteiger partial charge in [-0.15, -0.1) is 0 Å². The molecule has 0 saturated carbocycles. The van der Waals surface area contributed by atoms with E-state index >= 15 is 0 Å². The number of nitrogens with one attached hydrogen (secondary N) is 2. The lowest BCUT2D eigenvalue weighted by Gasteiger charge is -2.32. The zero-order chi connectivity index (χ0) is 15.1. The number of carbonyl (C=O) groups is 1. The third kappa shape index (κ3) is 4.86. The summed E-state index contributed by atoms with van der Waals surface area (Å²) in [5, 5.41) is 6.35. The molecule has 1 aliphatic rings. The third-order valence-corrected chi connectivity index (χ3v) is 4.19. The second-order valence-corrected chi connectivity index (χ2v) is 5.80. The van der Waals surface area contributed by atoms with Crippen molar-refractivity contribution in [2.24, 2.45) is 0 Å². The first-order valence-electron chi connectivity index (χ1n) is 8.03. The number of hydrogen-bond donors (Lipinski definition) is 2. The van der Waals surface area contributed by atoms with E-state index in [1.807, 2.05) is 0 Å². The van der Waals surface area contributed by atoms with Crippen molar-refractivity contribution >= 4 is 5.91 Å². The quantitative estimate of drug-likeness (QED) is 0.794. The zero-order valence-corrected chi connectivity index (χ0v) is 13.3. The first-order valence-corrected chi connectivity index (χ1v) is 8.03. The van der Waals surface area contributed by atoms with E-state index in [1.54, 1.807) is 7.05 Å². The second kappa shape index (κ2) is 8.20. The minimum absolute atomic E-state index is 0.110. The Morgan fingerprint density at radius 2 is 2.14 bits per heavy atom. The number of likely N-dealkylation sites (tertiary alicyclic amines) is 1. The maximum atomic E-state index is 11.4. The van der Waals surface area contributed by atoms with Gasteiger partial charge in [0.05, 0.1) is 6.54 Å². The van der Waals surface area contributed by atoms with E-state index < -0.39 is 0 Å². The molecule has 1 aromatic rings. The van der Waals surface area contributed by atoms with Gasteiger partial charge in [-0.3, -0.25) is 9.69 Å². The summed E-state index contributed by atoms with van der Waals surface area (Å²) < 4.78 is 2.33. The summed E-state index contributed by atoms with van der Waals surface area (Å²) in [6.45, 7) is 6.77. The monoisotopic (exact) mass is 292 g/mol. The van der Waals surface area contributed by atoms with Gasteiger partial charge in [-0.25, -0.2) is 0 Å². The van der Waals surface area contributed by atoms with Gasteiger partial charge >= 0.3 is 0 Å². The van der Waals surface area contributed by atoms with Crippen LogP contribution in [0.4, 0.5) is 0 Å². The number of aryl methyl sites for hydroxylation is 1. The van der Waals surface area contributed by atoms with Gasteiger partial charge in [0.2, 0.25) is 5.91 Å². The number of rotatable bonds is 7. The molecule has 1 aromatic heterocycles. The highest BCUT2D eigenvalue weighted by atomic mass is 16.1. The fourth-order valence-electron chi connectivity index (χ4n) is 2.90. The molecule has 1 amide bonds. The van der Waals surface area contributed by atoms with Gasteiger partial charge in [0.15, 0.2) is 0 Å². The molecule has 0 spiro atoms. The number of piperidine rings is 1. The maximum Gasteiger partial charge on any atom is 0.233 e. The predicted octanol–water partition coefficient (Wildman–Crippen LogP) is 1.20. The molecular weight excluding hydrogens is 264 g/mol. The van der Waals surface area contributed by atoms with Gasteiger partial charge in [-0.05, 0) is 31.4 Å². The Morgan fingerprint density at radius 1 is 1.38 bits per heavy atom. The van der Waals surface area contributed by atoms with Crippen molar-refractivity contribution < 1.29 is 4.79 Å². The van der Waals surface area contributed by atoms with E-state index in [1.165, 1.54) is 12.1 Å². The topological polar surface area (TPSA) is 49.3 Å². The van der Waals surface area contributed by atoms with Crippen molar-refractivity contribution in [2.75, 3.05) is 26.7 Å². The van der Waals surface area contributed by atoms with Crippen LogP contribution in [0.15, 0.2) is 18.3 Å². The molecule has 0 radical (unpaired) electrons. The maximum absolute atomic E-state index is 11.4. The summed E-state index contributed by atoms with van der Waals surface area (Å²) in [5.74, 6) is 0.110. The number of likely N-dealkylation sites (N-methyl/N-ethyl adjacent to an activating group) is 1. The standard InChI is InChI=1S/C16H28N4O/c1-3-8-20-9-4-5-15(20)12-18-14-6-10-19(11-7-14)13-16(21)17-2/h4-5,9,14,18H,3,6-8,10-13H2,1-2H3,(H,17,21). The predicted molar refractivity (Wildman–Crippen MR) is 85.1 cm³/mol. The van der Waals surface area contributed by atoms with E-state index in [0.717, 1.165) is 39.0 Å². The number of nitrogens with zero attached hydrogens (tertiary/aromatic N) is 2. The van der Waals surface area contributed by atoms with Crippen LogP contribution in [0.5, 0.6) is 0 Å². The van der Waals surface area contributed by atoms with Crippen molar-refractivity contribution in [1.29, 1.82) is 0 Å². The number of carbonyl (C=O) groups excluding carboxylic acids is 1. The molecule has 21 heavy (non-hydrogen) atoms. The van der Waals surface area contributed by atoms with E-state index in [4.69, 9.17) is 0 Å². The molecule has 1 saturated heterocycles. The van der Waals surface area contributed by atoms with Crippen LogP contribution >= 0.6 is 0 Å². The molecule has 0 unspecified atom stereocenters. The van der Waals surface area contributed by atoms with Gasteiger partial charge < -0.3 is 15.2 Å². The largest absolute Gasteiger partial charge is 0.358 e. The lowest BCUT2D eigenvalue weighted by Crippen LogP contribution is -2.45. The van der Waals surface area contributed by atoms with E-state index in [9.17, 15) is 4.79 Å². The highest BCUT2D eigenvalue weighted by Gasteiger charge is 2.20. The van der Waals surface area contributed by atoms with Gasteiger partial charge in [0.25, 0.3) is 0 Å². The van der Waals surface area contributed by atoms with Crippen molar-refractivity contribution in [3.05, 3.63) is 24.0 Å². The number of amides is 1. The van der Waals surface area contributed by atoms with Crippen LogP contribution in [0.3, 0.4) is 0 Å². The van der Waals surface area contributed by atoms with Crippen LogP contribution < -0.4 is 10.6 Å².